The van der Waals surface area contributed by atoms with Gasteiger partial charge in [-0.1, -0.05) is 81.9 Å². The van der Waals surface area contributed by atoms with E-state index in [0.717, 1.165) is 25.7 Å². The lowest BCUT2D eigenvalue weighted by Crippen LogP contribution is -1.98. The molecule has 0 atom stereocenters. The van der Waals surface area contributed by atoms with Crippen LogP contribution in [0.1, 0.15) is 96.8 Å². The van der Waals surface area contributed by atoms with Gasteiger partial charge in [0, 0.05) is 6.42 Å². The molecular weight excluding hydrogens is 308 g/mol. The van der Waals surface area contributed by atoms with Crippen molar-refractivity contribution >= 4 is 5.97 Å². The highest BCUT2D eigenvalue weighted by atomic mass is 16.5. The van der Waals surface area contributed by atoms with Gasteiger partial charge in [-0.25, -0.2) is 0 Å². The van der Waals surface area contributed by atoms with E-state index in [0.29, 0.717) is 6.42 Å². The van der Waals surface area contributed by atoms with Crippen LogP contribution in [0, 0.1) is 0 Å². The second-order valence-electron chi connectivity index (χ2n) is 6.62. The highest BCUT2D eigenvalue weighted by molar-refractivity contribution is 5.68. The van der Waals surface area contributed by atoms with Gasteiger partial charge in [0.15, 0.2) is 0 Å². The number of esters is 1. The maximum atomic E-state index is 11.0. The van der Waals surface area contributed by atoms with Gasteiger partial charge in [0.2, 0.25) is 0 Å². The maximum Gasteiger partial charge on any atom is 0.305 e. The van der Waals surface area contributed by atoms with Gasteiger partial charge < -0.3 is 4.74 Å². The smallest absolute Gasteiger partial charge is 0.305 e. The Bertz CT molecular complexity index is 366. The Morgan fingerprint density at radius 3 is 1.72 bits per heavy atom. The molecule has 0 radical (unpaired) electrons. The molecule has 0 aromatic heterocycles. The van der Waals surface area contributed by atoms with E-state index in [9.17, 15) is 4.79 Å². The second-order valence-corrected chi connectivity index (χ2v) is 6.62. The average Bonchev–Trinajstić information content (AvgIpc) is 2.63. The van der Waals surface area contributed by atoms with Crippen LogP contribution in [0.4, 0.5) is 0 Å². The molecule has 0 amide bonds. The normalized spacial score (nSPS) is 11.9. The molecule has 0 aromatic carbocycles. The Morgan fingerprint density at radius 2 is 1.16 bits per heavy atom. The van der Waals surface area contributed by atoms with E-state index in [1.807, 2.05) is 0 Å². The SMILES string of the molecule is CCCCCC/C=C\C/C=C\C/C=C\CCCCCCCC(=O)OC. The van der Waals surface area contributed by atoms with E-state index < -0.39 is 0 Å². The van der Waals surface area contributed by atoms with E-state index in [2.05, 4.69) is 48.1 Å². The first kappa shape index (κ1) is 23.7. The number of allylic oxidation sites excluding steroid dienone is 6. The first-order valence-corrected chi connectivity index (χ1v) is 10.3. The van der Waals surface area contributed by atoms with Crippen molar-refractivity contribution in [3.05, 3.63) is 36.5 Å². The highest BCUT2D eigenvalue weighted by Gasteiger charge is 1.98. The Morgan fingerprint density at radius 1 is 0.680 bits per heavy atom. The summed E-state index contributed by atoms with van der Waals surface area (Å²) in [4.78, 5) is 11.0. The molecule has 0 aliphatic carbocycles. The van der Waals surface area contributed by atoms with Gasteiger partial charge in [0.05, 0.1) is 7.11 Å². The number of unbranched alkanes of at least 4 members (excludes halogenated alkanes) is 9. The van der Waals surface area contributed by atoms with Crippen LogP contribution in [0.15, 0.2) is 36.5 Å². The van der Waals surface area contributed by atoms with Gasteiger partial charge in [-0.3, -0.25) is 4.79 Å². The van der Waals surface area contributed by atoms with E-state index in [4.69, 9.17) is 0 Å². The molecular formula is C23H40O2. The molecule has 0 aliphatic heterocycles. The molecule has 2 nitrogen and oxygen atoms in total. The van der Waals surface area contributed by atoms with Gasteiger partial charge in [-0.15, -0.1) is 0 Å². The lowest BCUT2D eigenvalue weighted by molar-refractivity contribution is -0.140. The monoisotopic (exact) mass is 348 g/mol. The van der Waals surface area contributed by atoms with Crippen molar-refractivity contribution in [3.8, 4) is 0 Å². The average molecular weight is 349 g/mol. The van der Waals surface area contributed by atoms with Gasteiger partial charge in [0.25, 0.3) is 0 Å². The number of rotatable bonds is 17. The molecule has 0 fully saturated rings. The van der Waals surface area contributed by atoms with Crippen molar-refractivity contribution in [2.24, 2.45) is 0 Å². The van der Waals surface area contributed by atoms with Crippen LogP contribution in [0.2, 0.25) is 0 Å². The highest BCUT2D eigenvalue weighted by Crippen LogP contribution is 2.08. The lowest BCUT2D eigenvalue weighted by Gasteiger charge is -1.99. The fourth-order valence-corrected chi connectivity index (χ4v) is 2.63. The molecule has 0 unspecified atom stereocenters. The predicted molar refractivity (Wildman–Crippen MR) is 110 cm³/mol. The molecule has 0 N–H and O–H groups in total. The van der Waals surface area contributed by atoms with Crippen LogP contribution in [-0.2, 0) is 9.53 Å². The van der Waals surface area contributed by atoms with Crippen LogP contribution < -0.4 is 0 Å². The Hall–Kier alpha value is -1.31. The number of hydrogen-bond donors (Lipinski definition) is 0. The Balaban J connectivity index is 3.29. The van der Waals surface area contributed by atoms with Crippen LogP contribution in [0.25, 0.3) is 0 Å². The van der Waals surface area contributed by atoms with Crippen molar-refractivity contribution in [1.29, 1.82) is 0 Å². The fourth-order valence-electron chi connectivity index (χ4n) is 2.63. The lowest BCUT2D eigenvalue weighted by atomic mass is 10.1. The third kappa shape index (κ3) is 20.6. The van der Waals surface area contributed by atoms with Crippen molar-refractivity contribution in [2.45, 2.75) is 96.8 Å². The first-order chi connectivity index (χ1) is 12.3. The Labute approximate surface area is 156 Å². The van der Waals surface area contributed by atoms with Gasteiger partial charge in [0.1, 0.15) is 0 Å². The second kappa shape index (κ2) is 20.7. The van der Waals surface area contributed by atoms with E-state index in [1.54, 1.807) is 0 Å². The number of carbonyl (C=O) groups excluding carboxylic acids is 1. The van der Waals surface area contributed by atoms with Gasteiger partial charge in [-0.2, -0.15) is 0 Å². The van der Waals surface area contributed by atoms with Crippen LogP contribution in [-0.4, -0.2) is 13.1 Å². The minimum absolute atomic E-state index is 0.0848. The summed E-state index contributed by atoms with van der Waals surface area (Å²) in [6, 6.07) is 0. The van der Waals surface area contributed by atoms with Crippen molar-refractivity contribution < 1.29 is 9.53 Å². The van der Waals surface area contributed by atoms with Gasteiger partial charge in [-0.05, 0) is 44.9 Å². The summed E-state index contributed by atoms with van der Waals surface area (Å²) in [5, 5.41) is 0. The molecule has 0 saturated heterocycles. The fraction of sp³-hybridized carbons (Fsp3) is 0.696. The number of methoxy groups -OCH3 is 1. The van der Waals surface area contributed by atoms with Crippen LogP contribution in [0.5, 0.6) is 0 Å². The summed E-state index contributed by atoms with van der Waals surface area (Å²) < 4.78 is 4.63. The quantitative estimate of drug-likeness (QED) is 0.156. The predicted octanol–water partition coefficient (Wildman–Crippen LogP) is 7.31. The summed E-state index contributed by atoms with van der Waals surface area (Å²) in [6.45, 7) is 2.25. The molecule has 0 heterocycles. The Kier molecular flexibility index (Phi) is 19.6. The molecule has 0 bridgehead atoms. The molecule has 2 heteroatoms. The summed E-state index contributed by atoms with van der Waals surface area (Å²) >= 11 is 0. The van der Waals surface area contributed by atoms with E-state index >= 15 is 0 Å². The summed E-state index contributed by atoms with van der Waals surface area (Å²) in [5.41, 5.74) is 0. The molecule has 0 rings (SSSR count). The molecule has 25 heavy (non-hydrogen) atoms. The summed E-state index contributed by atoms with van der Waals surface area (Å²) in [5.74, 6) is -0.0848. The summed E-state index contributed by atoms with van der Waals surface area (Å²) in [6.07, 6.45) is 30.0. The minimum atomic E-state index is -0.0848. The van der Waals surface area contributed by atoms with Crippen molar-refractivity contribution in [2.75, 3.05) is 7.11 Å². The number of hydrogen-bond acceptors (Lipinski definition) is 2. The van der Waals surface area contributed by atoms with Gasteiger partial charge >= 0.3 is 5.97 Å². The van der Waals surface area contributed by atoms with Crippen LogP contribution >= 0.6 is 0 Å². The molecule has 144 valence electrons. The van der Waals surface area contributed by atoms with Crippen molar-refractivity contribution in [3.63, 3.8) is 0 Å². The van der Waals surface area contributed by atoms with E-state index in [-0.39, 0.29) is 5.97 Å². The third-order valence-electron chi connectivity index (χ3n) is 4.25. The van der Waals surface area contributed by atoms with Crippen LogP contribution in [0.3, 0.4) is 0 Å². The zero-order valence-corrected chi connectivity index (χ0v) is 16.7. The zero-order valence-electron chi connectivity index (χ0n) is 16.7. The number of ether oxygens (including phenoxy) is 1. The number of carbonyl (C=O) groups is 1. The topological polar surface area (TPSA) is 26.3 Å². The first-order valence-electron chi connectivity index (χ1n) is 10.3. The van der Waals surface area contributed by atoms with E-state index in [1.165, 1.54) is 64.9 Å². The summed E-state index contributed by atoms with van der Waals surface area (Å²) in [7, 11) is 1.45. The standard InChI is InChI=1S/C23H40O2/c1-3-4-5-6-7-8-9-10-11-12-13-14-15-16-17-18-19-20-21-22-23(24)25-2/h8-9,11-12,14-15H,3-7,10,13,16-22H2,1-2H3/b9-8-,12-11-,15-14-. The largest absolute Gasteiger partial charge is 0.469 e. The minimum Gasteiger partial charge on any atom is -0.469 e. The van der Waals surface area contributed by atoms with Crippen molar-refractivity contribution in [1.82, 2.24) is 0 Å². The molecule has 0 aromatic rings. The molecule has 0 aliphatic rings. The molecule has 0 spiro atoms. The zero-order chi connectivity index (χ0) is 18.4. The third-order valence-corrected chi connectivity index (χ3v) is 4.25. The molecule has 0 saturated carbocycles. The maximum absolute atomic E-state index is 11.0.